The summed E-state index contributed by atoms with van der Waals surface area (Å²) in [6.07, 6.45) is 2.05. The third-order valence-corrected chi connectivity index (χ3v) is 3.57. The van der Waals surface area contributed by atoms with E-state index < -0.39 is 0 Å². The Labute approximate surface area is 97.8 Å². The molecule has 0 radical (unpaired) electrons. The van der Waals surface area contributed by atoms with Gasteiger partial charge in [-0.3, -0.25) is 0 Å². The zero-order chi connectivity index (χ0) is 11.1. The summed E-state index contributed by atoms with van der Waals surface area (Å²) in [5.74, 6) is 0. The van der Waals surface area contributed by atoms with Crippen LogP contribution in [0.15, 0.2) is 16.6 Å². The van der Waals surface area contributed by atoms with Crippen molar-refractivity contribution in [1.82, 2.24) is 0 Å². The van der Waals surface area contributed by atoms with E-state index in [1.807, 2.05) is 19.1 Å². The Kier molecular flexibility index (Phi) is 2.64. The SMILES string of the molecule is Cc1cc(NC2(CO)CC2)c(Br)cc1N. The molecule has 82 valence electrons. The van der Waals surface area contributed by atoms with E-state index in [-0.39, 0.29) is 12.1 Å². The third kappa shape index (κ3) is 2.11. The van der Waals surface area contributed by atoms with Crippen molar-refractivity contribution in [3.05, 3.63) is 22.2 Å². The molecular formula is C11H15BrN2O. The molecule has 0 spiro atoms. The number of rotatable bonds is 3. The van der Waals surface area contributed by atoms with Gasteiger partial charge in [-0.1, -0.05) is 0 Å². The van der Waals surface area contributed by atoms with Crippen LogP contribution < -0.4 is 11.1 Å². The van der Waals surface area contributed by atoms with Gasteiger partial charge in [-0.15, -0.1) is 0 Å². The number of hydrogen-bond acceptors (Lipinski definition) is 3. The van der Waals surface area contributed by atoms with Gasteiger partial charge >= 0.3 is 0 Å². The van der Waals surface area contributed by atoms with Crippen LogP contribution in [0.4, 0.5) is 11.4 Å². The highest BCUT2D eigenvalue weighted by atomic mass is 79.9. The summed E-state index contributed by atoms with van der Waals surface area (Å²) in [7, 11) is 0. The number of halogens is 1. The van der Waals surface area contributed by atoms with Gasteiger partial charge in [-0.05, 0) is 53.4 Å². The lowest BCUT2D eigenvalue weighted by atomic mass is 10.1. The summed E-state index contributed by atoms with van der Waals surface area (Å²) in [5, 5.41) is 12.6. The average Bonchev–Trinajstić information content (AvgIpc) is 2.95. The molecular weight excluding hydrogens is 256 g/mol. The highest BCUT2D eigenvalue weighted by Crippen LogP contribution is 2.40. The van der Waals surface area contributed by atoms with Gasteiger partial charge in [0.05, 0.1) is 12.1 Å². The first-order chi connectivity index (χ1) is 7.06. The molecule has 0 aliphatic heterocycles. The minimum absolute atomic E-state index is 0.0922. The van der Waals surface area contributed by atoms with Crippen LogP contribution in [0, 0.1) is 6.92 Å². The Hall–Kier alpha value is -0.740. The number of nitrogens with two attached hydrogens (primary N) is 1. The Morgan fingerprint density at radius 1 is 1.53 bits per heavy atom. The van der Waals surface area contributed by atoms with Crippen LogP contribution in [0.1, 0.15) is 18.4 Å². The van der Waals surface area contributed by atoms with Crippen LogP contribution in [0.25, 0.3) is 0 Å². The molecule has 0 unspecified atom stereocenters. The zero-order valence-corrected chi connectivity index (χ0v) is 10.3. The molecule has 0 aromatic heterocycles. The summed E-state index contributed by atoms with van der Waals surface area (Å²) >= 11 is 3.47. The summed E-state index contributed by atoms with van der Waals surface area (Å²) in [5.41, 5.74) is 8.54. The van der Waals surface area contributed by atoms with Gasteiger partial charge in [-0.25, -0.2) is 0 Å². The van der Waals surface area contributed by atoms with Crippen molar-refractivity contribution >= 4 is 27.3 Å². The number of nitrogen functional groups attached to an aromatic ring is 1. The molecule has 4 heteroatoms. The second kappa shape index (κ2) is 3.68. The molecule has 1 aliphatic rings. The maximum Gasteiger partial charge on any atom is 0.0661 e. The van der Waals surface area contributed by atoms with Gasteiger partial charge in [0.25, 0.3) is 0 Å². The molecule has 3 nitrogen and oxygen atoms in total. The summed E-state index contributed by atoms with van der Waals surface area (Å²) < 4.78 is 0.949. The topological polar surface area (TPSA) is 58.3 Å². The van der Waals surface area contributed by atoms with Crippen LogP contribution in [0.5, 0.6) is 0 Å². The molecule has 0 amide bonds. The Balaban J connectivity index is 2.25. The summed E-state index contributed by atoms with van der Waals surface area (Å²) in [6, 6.07) is 3.90. The third-order valence-electron chi connectivity index (χ3n) is 2.91. The first kappa shape index (κ1) is 10.8. The molecule has 1 aromatic rings. The zero-order valence-electron chi connectivity index (χ0n) is 8.68. The molecule has 0 saturated heterocycles. The fourth-order valence-electron chi connectivity index (χ4n) is 1.55. The Bertz CT molecular complexity index is 388. The Morgan fingerprint density at radius 2 is 2.20 bits per heavy atom. The molecule has 0 bridgehead atoms. The number of aliphatic hydroxyl groups excluding tert-OH is 1. The van der Waals surface area contributed by atoms with Crippen molar-refractivity contribution in [2.75, 3.05) is 17.7 Å². The fourth-order valence-corrected chi connectivity index (χ4v) is 2.01. The summed E-state index contributed by atoms with van der Waals surface area (Å²) in [4.78, 5) is 0. The second-order valence-corrected chi connectivity index (χ2v) is 5.11. The molecule has 1 aliphatic carbocycles. The first-order valence-corrected chi connectivity index (χ1v) is 5.80. The maximum absolute atomic E-state index is 9.23. The molecule has 2 rings (SSSR count). The minimum Gasteiger partial charge on any atom is -0.398 e. The van der Waals surface area contributed by atoms with Crippen molar-refractivity contribution in [3.8, 4) is 0 Å². The van der Waals surface area contributed by atoms with Gasteiger partial charge in [0.1, 0.15) is 0 Å². The van der Waals surface area contributed by atoms with E-state index in [9.17, 15) is 5.11 Å². The van der Waals surface area contributed by atoms with Crippen molar-refractivity contribution in [2.24, 2.45) is 0 Å². The fraction of sp³-hybridized carbons (Fsp3) is 0.455. The predicted molar refractivity (Wildman–Crippen MR) is 66.0 cm³/mol. The van der Waals surface area contributed by atoms with E-state index >= 15 is 0 Å². The number of nitrogens with one attached hydrogen (secondary N) is 1. The van der Waals surface area contributed by atoms with E-state index in [1.165, 1.54) is 0 Å². The van der Waals surface area contributed by atoms with E-state index in [0.29, 0.717) is 0 Å². The van der Waals surface area contributed by atoms with E-state index in [4.69, 9.17) is 5.73 Å². The van der Waals surface area contributed by atoms with Gasteiger partial charge in [-0.2, -0.15) is 0 Å². The van der Waals surface area contributed by atoms with Crippen LogP contribution in [-0.4, -0.2) is 17.3 Å². The molecule has 0 heterocycles. The van der Waals surface area contributed by atoms with Gasteiger partial charge in [0, 0.05) is 15.8 Å². The lowest BCUT2D eigenvalue weighted by Crippen LogP contribution is -2.25. The van der Waals surface area contributed by atoms with Crippen LogP contribution >= 0.6 is 15.9 Å². The van der Waals surface area contributed by atoms with Crippen LogP contribution in [-0.2, 0) is 0 Å². The predicted octanol–water partition coefficient (Wildman–Crippen LogP) is 2.28. The maximum atomic E-state index is 9.23. The number of hydrogen-bond donors (Lipinski definition) is 3. The quantitative estimate of drug-likeness (QED) is 0.739. The minimum atomic E-state index is -0.0922. The second-order valence-electron chi connectivity index (χ2n) is 4.25. The molecule has 1 aromatic carbocycles. The first-order valence-electron chi connectivity index (χ1n) is 5.01. The van der Waals surface area contributed by atoms with E-state index in [2.05, 4.69) is 21.2 Å². The van der Waals surface area contributed by atoms with Gasteiger partial charge < -0.3 is 16.2 Å². The number of aryl methyl sites for hydroxylation is 1. The lowest BCUT2D eigenvalue weighted by Gasteiger charge is -2.18. The lowest BCUT2D eigenvalue weighted by molar-refractivity contribution is 0.266. The van der Waals surface area contributed by atoms with E-state index in [1.54, 1.807) is 0 Å². The highest BCUT2D eigenvalue weighted by Gasteiger charge is 2.42. The number of benzene rings is 1. The van der Waals surface area contributed by atoms with Crippen LogP contribution in [0.2, 0.25) is 0 Å². The number of aliphatic hydroxyl groups is 1. The monoisotopic (exact) mass is 270 g/mol. The molecule has 4 N–H and O–H groups in total. The largest absolute Gasteiger partial charge is 0.398 e. The highest BCUT2D eigenvalue weighted by molar-refractivity contribution is 9.10. The van der Waals surface area contributed by atoms with Crippen molar-refractivity contribution in [2.45, 2.75) is 25.3 Å². The molecule has 1 fully saturated rings. The molecule has 1 saturated carbocycles. The Morgan fingerprint density at radius 3 is 2.73 bits per heavy atom. The number of anilines is 2. The van der Waals surface area contributed by atoms with E-state index in [0.717, 1.165) is 34.3 Å². The smallest absolute Gasteiger partial charge is 0.0661 e. The van der Waals surface area contributed by atoms with Crippen molar-refractivity contribution in [3.63, 3.8) is 0 Å². The average molecular weight is 271 g/mol. The van der Waals surface area contributed by atoms with Gasteiger partial charge in [0.2, 0.25) is 0 Å². The summed E-state index contributed by atoms with van der Waals surface area (Å²) in [6.45, 7) is 2.16. The van der Waals surface area contributed by atoms with Crippen molar-refractivity contribution < 1.29 is 5.11 Å². The van der Waals surface area contributed by atoms with Gasteiger partial charge in [0.15, 0.2) is 0 Å². The van der Waals surface area contributed by atoms with Crippen LogP contribution in [0.3, 0.4) is 0 Å². The van der Waals surface area contributed by atoms with Crippen molar-refractivity contribution in [1.29, 1.82) is 0 Å². The molecule has 15 heavy (non-hydrogen) atoms. The normalized spacial score (nSPS) is 17.5. The standard InChI is InChI=1S/C11H15BrN2O/c1-7-4-10(8(12)5-9(7)13)14-11(6-15)2-3-11/h4-5,14-15H,2-3,6,13H2,1H3. The molecule has 0 atom stereocenters.